The molecule has 1 saturated carbocycles. The molecule has 1 aliphatic carbocycles. The van der Waals surface area contributed by atoms with E-state index in [0.717, 1.165) is 6.42 Å². The fourth-order valence-corrected chi connectivity index (χ4v) is 4.01. The monoisotopic (exact) mass is 360 g/mol. The first-order chi connectivity index (χ1) is 12.4. The van der Waals surface area contributed by atoms with Gasteiger partial charge in [0.15, 0.2) is 6.04 Å². The Morgan fingerprint density at radius 3 is 2.54 bits per heavy atom. The number of nitrogens with one attached hydrogen (secondary N) is 1. The molecule has 0 saturated heterocycles. The fraction of sp³-hybridized carbons (Fsp3) is 0.619. The summed E-state index contributed by atoms with van der Waals surface area (Å²) in [7, 11) is 0. The van der Waals surface area contributed by atoms with E-state index in [-0.39, 0.29) is 12.5 Å². The second-order valence-corrected chi connectivity index (χ2v) is 7.83. The Morgan fingerprint density at radius 2 is 1.92 bits per heavy atom. The molecule has 0 heterocycles. The van der Waals surface area contributed by atoms with Crippen LogP contribution in [0.2, 0.25) is 0 Å². The van der Waals surface area contributed by atoms with Gasteiger partial charge in [0.2, 0.25) is 5.91 Å². The highest BCUT2D eigenvalue weighted by molar-refractivity contribution is 5.86. The van der Waals surface area contributed by atoms with Crippen molar-refractivity contribution < 1.29 is 14.3 Å². The van der Waals surface area contributed by atoms with Crippen LogP contribution in [-0.4, -0.2) is 25.0 Å². The van der Waals surface area contributed by atoms with Crippen molar-refractivity contribution in [3.8, 4) is 0 Å². The molecule has 0 bridgehead atoms. The number of carbonyl (C=O) groups is 2. The normalized spacial score (nSPS) is 24.1. The lowest BCUT2D eigenvalue weighted by Gasteiger charge is -2.37. The van der Waals surface area contributed by atoms with Gasteiger partial charge in [0.25, 0.3) is 0 Å². The van der Waals surface area contributed by atoms with E-state index in [1.54, 1.807) is 0 Å². The Hall–Kier alpha value is -1.88. The average molecular weight is 360 g/mol. The summed E-state index contributed by atoms with van der Waals surface area (Å²) >= 11 is 0. The SMILES string of the molecule is CC(C)[C@@H]1CC[C@@H](C)CC1COC(=O)C(NC(=O)CN)c1ccccc1. The maximum atomic E-state index is 12.7. The quantitative estimate of drug-likeness (QED) is 0.732. The predicted molar refractivity (Wildman–Crippen MR) is 102 cm³/mol. The number of amides is 1. The first kappa shape index (κ1) is 20.4. The van der Waals surface area contributed by atoms with Crippen LogP contribution in [0.15, 0.2) is 30.3 Å². The topological polar surface area (TPSA) is 81.4 Å². The van der Waals surface area contributed by atoms with Crippen molar-refractivity contribution in [3.05, 3.63) is 35.9 Å². The first-order valence-electron chi connectivity index (χ1n) is 9.63. The zero-order valence-corrected chi connectivity index (χ0v) is 16.1. The average Bonchev–Trinajstić information content (AvgIpc) is 2.64. The third-order valence-electron chi connectivity index (χ3n) is 5.46. The summed E-state index contributed by atoms with van der Waals surface area (Å²) in [4.78, 5) is 24.5. The van der Waals surface area contributed by atoms with E-state index >= 15 is 0 Å². The van der Waals surface area contributed by atoms with Crippen molar-refractivity contribution in [1.29, 1.82) is 0 Å². The molecule has 1 amide bonds. The number of esters is 1. The molecule has 1 aromatic rings. The highest BCUT2D eigenvalue weighted by Crippen LogP contribution is 2.38. The summed E-state index contributed by atoms with van der Waals surface area (Å²) in [6, 6.07) is 8.34. The van der Waals surface area contributed by atoms with Crippen molar-refractivity contribution >= 4 is 11.9 Å². The van der Waals surface area contributed by atoms with Crippen LogP contribution in [0, 0.1) is 23.7 Å². The molecule has 4 atom stereocenters. The van der Waals surface area contributed by atoms with E-state index in [0.29, 0.717) is 35.8 Å². The number of rotatable bonds is 7. The van der Waals surface area contributed by atoms with Crippen LogP contribution in [0.1, 0.15) is 51.6 Å². The second-order valence-electron chi connectivity index (χ2n) is 7.83. The van der Waals surface area contributed by atoms with Gasteiger partial charge < -0.3 is 15.8 Å². The summed E-state index contributed by atoms with van der Waals surface area (Å²) in [5.74, 6) is 1.40. The Bertz CT molecular complexity index is 588. The van der Waals surface area contributed by atoms with E-state index in [1.807, 2.05) is 30.3 Å². The van der Waals surface area contributed by atoms with Gasteiger partial charge in [-0.1, -0.05) is 57.5 Å². The Labute approximate surface area is 156 Å². The number of ether oxygens (including phenoxy) is 1. The van der Waals surface area contributed by atoms with Gasteiger partial charge in [-0.2, -0.15) is 0 Å². The Morgan fingerprint density at radius 1 is 1.23 bits per heavy atom. The molecule has 144 valence electrons. The molecule has 1 aliphatic rings. The number of hydrogen-bond acceptors (Lipinski definition) is 4. The molecule has 5 nitrogen and oxygen atoms in total. The van der Waals surface area contributed by atoms with Crippen molar-refractivity contribution in [2.75, 3.05) is 13.2 Å². The summed E-state index contributed by atoms with van der Waals surface area (Å²) < 4.78 is 5.68. The molecule has 3 N–H and O–H groups in total. The molecule has 26 heavy (non-hydrogen) atoms. The molecule has 0 aromatic heterocycles. The maximum absolute atomic E-state index is 12.7. The van der Waals surface area contributed by atoms with E-state index in [9.17, 15) is 9.59 Å². The van der Waals surface area contributed by atoms with Crippen LogP contribution < -0.4 is 11.1 Å². The van der Waals surface area contributed by atoms with E-state index in [2.05, 4.69) is 26.1 Å². The minimum absolute atomic E-state index is 0.161. The zero-order valence-electron chi connectivity index (χ0n) is 16.1. The van der Waals surface area contributed by atoms with Crippen LogP contribution in [0.25, 0.3) is 0 Å². The van der Waals surface area contributed by atoms with E-state index in [1.165, 1.54) is 12.8 Å². The molecule has 1 fully saturated rings. The summed E-state index contributed by atoms with van der Waals surface area (Å²) in [6.45, 7) is 6.99. The maximum Gasteiger partial charge on any atom is 0.333 e. The molecule has 5 heteroatoms. The van der Waals surface area contributed by atoms with Crippen molar-refractivity contribution in [3.63, 3.8) is 0 Å². The number of hydrogen-bond donors (Lipinski definition) is 2. The van der Waals surface area contributed by atoms with Crippen LogP contribution in [0.3, 0.4) is 0 Å². The number of nitrogens with two attached hydrogens (primary N) is 1. The third kappa shape index (κ3) is 5.56. The van der Waals surface area contributed by atoms with Gasteiger partial charge in [0, 0.05) is 0 Å². The lowest BCUT2D eigenvalue weighted by Crippen LogP contribution is -2.39. The molecule has 2 rings (SSSR count). The van der Waals surface area contributed by atoms with Crippen molar-refractivity contribution in [2.24, 2.45) is 29.4 Å². The lowest BCUT2D eigenvalue weighted by molar-refractivity contribution is -0.150. The largest absolute Gasteiger partial charge is 0.464 e. The van der Waals surface area contributed by atoms with E-state index in [4.69, 9.17) is 10.5 Å². The molecule has 0 aliphatic heterocycles. The van der Waals surface area contributed by atoms with Crippen molar-refractivity contribution in [1.82, 2.24) is 5.32 Å². The summed E-state index contributed by atoms with van der Waals surface area (Å²) in [5, 5.41) is 2.67. The highest BCUT2D eigenvalue weighted by atomic mass is 16.5. The molecule has 0 spiro atoms. The minimum atomic E-state index is -0.814. The molecule has 1 aromatic carbocycles. The number of benzene rings is 1. The Balaban J connectivity index is 2.05. The zero-order chi connectivity index (χ0) is 19.1. The highest BCUT2D eigenvalue weighted by Gasteiger charge is 2.32. The van der Waals surface area contributed by atoms with Gasteiger partial charge >= 0.3 is 5.97 Å². The molecular weight excluding hydrogens is 328 g/mol. The molecular formula is C21H32N2O3. The van der Waals surface area contributed by atoms with Gasteiger partial charge in [-0.05, 0) is 42.1 Å². The van der Waals surface area contributed by atoms with Crippen LogP contribution in [-0.2, 0) is 14.3 Å². The Kier molecular flexibility index (Phi) is 7.64. The standard InChI is InChI=1S/C21H32N2O3/c1-14(2)18-10-9-15(3)11-17(18)13-26-21(25)20(23-19(24)12-22)16-7-5-4-6-8-16/h4-8,14-15,17-18,20H,9-13,22H2,1-3H3,(H,23,24)/t15-,17?,18+,20?/m1/s1. The first-order valence-corrected chi connectivity index (χ1v) is 9.63. The molecule has 0 radical (unpaired) electrons. The smallest absolute Gasteiger partial charge is 0.333 e. The summed E-state index contributed by atoms with van der Waals surface area (Å²) in [6.07, 6.45) is 3.51. The third-order valence-corrected chi connectivity index (χ3v) is 5.46. The minimum Gasteiger partial charge on any atom is -0.464 e. The van der Waals surface area contributed by atoms with Gasteiger partial charge in [0.05, 0.1) is 13.2 Å². The number of carbonyl (C=O) groups excluding carboxylic acids is 2. The van der Waals surface area contributed by atoms with Crippen molar-refractivity contribution in [2.45, 2.75) is 46.1 Å². The van der Waals surface area contributed by atoms with Gasteiger partial charge in [-0.15, -0.1) is 0 Å². The summed E-state index contributed by atoms with van der Waals surface area (Å²) in [5.41, 5.74) is 6.10. The second kappa shape index (κ2) is 9.72. The van der Waals surface area contributed by atoms with E-state index < -0.39 is 12.0 Å². The van der Waals surface area contributed by atoms with Gasteiger partial charge in [-0.3, -0.25) is 4.79 Å². The fourth-order valence-electron chi connectivity index (χ4n) is 4.01. The van der Waals surface area contributed by atoms with Gasteiger partial charge in [-0.25, -0.2) is 4.79 Å². The van der Waals surface area contributed by atoms with Crippen LogP contribution in [0.5, 0.6) is 0 Å². The predicted octanol–water partition coefficient (Wildman–Crippen LogP) is 3.05. The molecule has 2 unspecified atom stereocenters. The van der Waals surface area contributed by atoms with Crippen LogP contribution in [0.4, 0.5) is 0 Å². The lowest BCUT2D eigenvalue weighted by atomic mass is 9.70. The van der Waals surface area contributed by atoms with Gasteiger partial charge in [0.1, 0.15) is 0 Å². The van der Waals surface area contributed by atoms with Crippen LogP contribution >= 0.6 is 0 Å².